The van der Waals surface area contributed by atoms with Crippen LogP contribution in [0.4, 0.5) is 0 Å². The fourth-order valence-electron chi connectivity index (χ4n) is 2.37. The number of hydrogen-bond donors (Lipinski definition) is 2. The molecule has 1 heterocycles. The lowest BCUT2D eigenvalue weighted by Crippen LogP contribution is -2.27. The van der Waals surface area contributed by atoms with Crippen LogP contribution in [0, 0.1) is 12.8 Å². The number of nitrogens with zero attached hydrogens (tertiary/aromatic N) is 1. The third-order valence-electron chi connectivity index (χ3n) is 3.55. The Hall–Kier alpha value is -0.930. The van der Waals surface area contributed by atoms with Crippen molar-refractivity contribution in [2.45, 2.75) is 45.3 Å². The number of aryl methyl sites for hydroxylation is 1. The number of aliphatic hydroxyl groups is 1. The van der Waals surface area contributed by atoms with Gasteiger partial charge in [-0.05, 0) is 56.7 Å². The molecule has 0 spiro atoms. The van der Waals surface area contributed by atoms with Crippen molar-refractivity contribution in [2.24, 2.45) is 5.92 Å². The second-order valence-electron chi connectivity index (χ2n) is 5.11. The molecular weight excluding hydrogens is 212 g/mol. The molecule has 0 unspecified atom stereocenters. The summed E-state index contributed by atoms with van der Waals surface area (Å²) in [5, 5.41) is 12.9. The zero-order chi connectivity index (χ0) is 12.1. The Morgan fingerprint density at radius 2 is 2.06 bits per heavy atom. The third kappa shape index (κ3) is 4.10. The van der Waals surface area contributed by atoms with E-state index in [1.54, 1.807) is 0 Å². The number of hydrogen-bond acceptors (Lipinski definition) is 3. The summed E-state index contributed by atoms with van der Waals surface area (Å²) < 4.78 is 0. The van der Waals surface area contributed by atoms with E-state index in [-0.39, 0.29) is 6.10 Å². The molecule has 2 N–H and O–H groups in total. The monoisotopic (exact) mass is 234 g/mol. The minimum Gasteiger partial charge on any atom is -0.393 e. The van der Waals surface area contributed by atoms with Crippen LogP contribution in [-0.4, -0.2) is 22.7 Å². The Bertz CT molecular complexity index is 329. The van der Waals surface area contributed by atoms with Crippen LogP contribution in [0.5, 0.6) is 0 Å². The number of aliphatic hydroxyl groups excluding tert-OH is 1. The van der Waals surface area contributed by atoms with E-state index < -0.39 is 0 Å². The van der Waals surface area contributed by atoms with Gasteiger partial charge in [-0.2, -0.15) is 0 Å². The van der Waals surface area contributed by atoms with E-state index in [0.717, 1.165) is 50.4 Å². The van der Waals surface area contributed by atoms with Crippen molar-refractivity contribution in [1.82, 2.24) is 10.3 Å². The van der Waals surface area contributed by atoms with Gasteiger partial charge in [-0.1, -0.05) is 6.07 Å². The molecule has 0 amide bonds. The Labute approximate surface area is 103 Å². The lowest BCUT2D eigenvalue weighted by molar-refractivity contribution is 0.108. The van der Waals surface area contributed by atoms with Crippen LogP contribution in [0.1, 0.15) is 36.9 Å². The molecule has 0 saturated heterocycles. The van der Waals surface area contributed by atoms with Gasteiger partial charge in [0.2, 0.25) is 0 Å². The number of rotatable bonds is 4. The molecule has 0 radical (unpaired) electrons. The van der Waals surface area contributed by atoms with Gasteiger partial charge in [0.1, 0.15) is 0 Å². The average molecular weight is 234 g/mol. The molecule has 0 atom stereocenters. The van der Waals surface area contributed by atoms with Gasteiger partial charge in [0.15, 0.2) is 0 Å². The lowest BCUT2D eigenvalue weighted by Gasteiger charge is -2.25. The van der Waals surface area contributed by atoms with Gasteiger partial charge in [-0.15, -0.1) is 0 Å². The number of pyridine rings is 1. The highest BCUT2D eigenvalue weighted by atomic mass is 16.3. The van der Waals surface area contributed by atoms with Crippen LogP contribution in [0.25, 0.3) is 0 Å². The van der Waals surface area contributed by atoms with E-state index in [2.05, 4.69) is 16.4 Å². The first kappa shape index (κ1) is 12.5. The van der Waals surface area contributed by atoms with Gasteiger partial charge in [-0.25, -0.2) is 0 Å². The first-order valence-corrected chi connectivity index (χ1v) is 6.54. The molecule has 0 aromatic carbocycles. The topological polar surface area (TPSA) is 45.1 Å². The fourth-order valence-corrected chi connectivity index (χ4v) is 2.37. The van der Waals surface area contributed by atoms with Crippen molar-refractivity contribution in [3.8, 4) is 0 Å². The molecule has 1 saturated carbocycles. The molecule has 1 aliphatic rings. The molecule has 0 aliphatic heterocycles. The van der Waals surface area contributed by atoms with E-state index >= 15 is 0 Å². The summed E-state index contributed by atoms with van der Waals surface area (Å²) in [5.41, 5.74) is 2.31. The summed E-state index contributed by atoms with van der Waals surface area (Å²) in [6, 6.07) is 4.17. The van der Waals surface area contributed by atoms with Gasteiger partial charge >= 0.3 is 0 Å². The molecule has 3 heteroatoms. The predicted molar refractivity (Wildman–Crippen MR) is 68.6 cm³/mol. The maximum absolute atomic E-state index is 9.43. The normalized spacial score (nSPS) is 24.8. The van der Waals surface area contributed by atoms with Crippen LogP contribution >= 0.6 is 0 Å². The molecule has 1 aromatic rings. The molecule has 17 heavy (non-hydrogen) atoms. The van der Waals surface area contributed by atoms with Gasteiger partial charge in [0.05, 0.1) is 6.10 Å². The van der Waals surface area contributed by atoms with Crippen molar-refractivity contribution < 1.29 is 5.11 Å². The van der Waals surface area contributed by atoms with E-state index in [0.29, 0.717) is 0 Å². The summed E-state index contributed by atoms with van der Waals surface area (Å²) in [4.78, 5) is 4.28. The van der Waals surface area contributed by atoms with Crippen LogP contribution in [-0.2, 0) is 6.54 Å². The maximum Gasteiger partial charge on any atom is 0.0540 e. The van der Waals surface area contributed by atoms with Crippen molar-refractivity contribution in [1.29, 1.82) is 0 Å². The Kier molecular flexibility index (Phi) is 4.51. The van der Waals surface area contributed by atoms with E-state index in [1.165, 1.54) is 5.56 Å². The highest BCUT2D eigenvalue weighted by Gasteiger charge is 2.18. The highest BCUT2D eigenvalue weighted by molar-refractivity contribution is 5.12. The van der Waals surface area contributed by atoms with Crippen molar-refractivity contribution >= 4 is 0 Å². The predicted octanol–water partition coefficient (Wildman–Crippen LogP) is 2.03. The Morgan fingerprint density at radius 1 is 1.29 bits per heavy atom. The molecule has 0 bridgehead atoms. The molecule has 94 valence electrons. The van der Waals surface area contributed by atoms with Crippen LogP contribution in [0.3, 0.4) is 0 Å². The van der Waals surface area contributed by atoms with Crippen LogP contribution in [0.15, 0.2) is 18.3 Å². The highest BCUT2D eigenvalue weighted by Crippen LogP contribution is 2.23. The summed E-state index contributed by atoms with van der Waals surface area (Å²) in [5.74, 6) is 0.733. The van der Waals surface area contributed by atoms with Gasteiger partial charge in [-0.3, -0.25) is 4.98 Å². The zero-order valence-electron chi connectivity index (χ0n) is 10.5. The quantitative estimate of drug-likeness (QED) is 0.838. The van der Waals surface area contributed by atoms with E-state index in [1.807, 2.05) is 19.2 Å². The van der Waals surface area contributed by atoms with Gasteiger partial charge < -0.3 is 10.4 Å². The largest absolute Gasteiger partial charge is 0.393 e. The average Bonchev–Trinajstić information content (AvgIpc) is 2.34. The number of nitrogens with one attached hydrogen (secondary N) is 1. The van der Waals surface area contributed by atoms with Gasteiger partial charge in [0, 0.05) is 18.4 Å². The maximum atomic E-state index is 9.43. The summed E-state index contributed by atoms with van der Waals surface area (Å²) in [6.45, 7) is 3.96. The molecule has 1 fully saturated rings. The van der Waals surface area contributed by atoms with Crippen molar-refractivity contribution in [3.05, 3.63) is 29.6 Å². The molecule has 2 rings (SSSR count). The minimum absolute atomic E-state index is 0.0486. The molecule has 3 nitrogen and oxygen atoms in total. The first-order valence-electron chi connectivity index (χ1n) is 6.54. The summed E-state index contributed by atoms with van der Waals surface area (Å²) in [7, 11) is 0. The zero-order valence-corrected chi connectivity index (χ0v) is 10.5. The Morgan fingerprint density at radius 3 is 2.71 bits per heavy atom. The van der Waals surface area contributed by atoms with Crippen molar-refractivity contribution in [3.63, 3.8) is 0 Å². The fraction of sp³-hybridized carbons (Fsp3) is 0.643. The summed E-state index contributed by atoms with van der Waals surface area (Å²) in [6.07, 6.45) is 6.14. The second-order valence-corrected chi connectivity index (χ2v) is 5.11. The first-order chi connectivity index (χ1) is 8.24. The third-order valence-corrected chi connectivity index (χ3v) is 3.55. The lowest BCUT2D eigenvalue weighted by atomic mass is 9.87. The van der Waals surface area contributed by atoms with Crippen LogP contribution < -0.4 is 5.32 Å². The molecule has 1 aliphatic carbocycles. The van der Waals surface area contributed by atoms with Crippen molar-refractivity contribution in [2.75, 3.05) is 6.54 Å². The van der Waals surface area contributed by atoms with E-state index in [9.17, 15) is 5.11 Å². The standard InChI is InChI=1S/C14H22N2O/c1-11-2-3-13(10-16-11)9-15-8-12-4-6-14(17)7-5-12/h2-3,10,12,14-15,17H,4-9H2,1H3. The Balaban J connectivity index is 1.67. The second kappa shape index (κ2) is 6.12. The minimum atomic E-state index is -0.0486. The van der Waals surface area contributed by atoms with Crippen LogP contribution in [0.2, 0.25) is 0 Å². The molecule has 1 aromatic heterocycles. The van der Waals surface area contributed by atoms with E-state index in [4.69, 9.17) is 0 Å². The van der Waals surface area contributed by atoms with Gasteiger partial charge in [0.25, 0.3) is 0 Å². The molecular formula is C14H22N2O. The summed E-state index contributed by atoms with van der Waals surface area (Å²) >= 11 is 0. The smallest absolute Gasteiger partial charge is 0.0540 e. The SMILES string of the molecule is Cc1ccc(CNCC2CCC(O)CC2)cn1. The number of aromatic nitrogens is 1.